The summed E-state index contributed by atoms with van der Waals surface area (Å²) in [4.78, 5) is 53.4. The molecule has 2 fully saturated rings. The fourth-order valence-corrected chi connectivity index (χ4v) is 8.08. The minimum absolute atomic E-state index is 0.00393. The Morgan fingerprint density at radius 3 is 2.62 bits per heavy atom. The lowest BCUT2D eigenvalue weighted by Gasteiger charge is -2.24. The van der Waals surface area contributed by atoms with Crippen molar-refractivity contribution >= 4 is 51.5 Å². The van der Waals surface area contributed by atoms with Crippen LogP contribution in [-0.4, -0.2) is 57.6 Å². The second-order valence-corrected chi connectivity index (χ2v) is 14.6. The van der Waals surface area contributed by atoms with Crippen LogP contribution in [0.1, 0.15) is 96.3 Å². The van der Waals surface area contributed by atoms with Gasteiger partial charge in [0.15, 0.2) is 11.4 Å². The topological polar surface area (TPSA) is 129 Å². The zero-order chi connectivity index (χ0) is 33.5. The Labute approximate surface area is 290 Å². The second-order valence-electron chi connectivity index (χ2n) is 13.0. The van der Waals surface area contributed by atoms with Crippen LogP contribution in [0.3, 0.4) is 0 Å². The number of carbonyl (C=O) groups excluding carboxylic acids is 3. The van der Waals surface area contributed by atoms with Crippen LogP contribution in [-0.2, 0) is 27.4 Å². The highest BCUT2D eigenvalue weighted by Crippen LogP contribution is 2.35. The molecule has 1 saturated carbocycles. The van der Waals surface area contributed by atoms with E-state index >= 15 is 0 Å². The van der Waals surface area contributed by atoms with Crippen LogP contribution >= 0.6 is 22.9 Å². The number of likely N-dealkylation sites (tertiary alicyclic amines) is 1. The molecule has 1 aliphatic carbocycles. The number of unbranched alkanes of at least 4 members (excludes halogenated alkanes) is 1. The Hall–Kier alpha value is -3.44. The van der Waals surface area contributed by atoms with Crippen molar-refractivity contribution < 1.29 is 23.5 Å². The van der Waals surface area contributed by atoms with E-state index in [0.29, 0.717) is 61.0 Å². The smallest absolute Gasteiger partial charge is 0.264 e. The van der Waals surface area contributed by atoms with Crippen LogP contribution in [0.4, 0.5) is 0 Å². The number of Topliss-reactive ketones (excluding diaryl/α,β-unsaturated/α-hetero) is 2. The maximum Gasteiger partial charge on any atom is 0.264 e. The predicted molar refractivity (Wildman–Crippen MR) is 186 cm³/mol. The van der Waals surface area contributed by atoms with E-state index in [0.717, 1.165) is 34.7 Å². The SMILES string of the molecule is NCCCC[C@H](CC(=O)[C@@H]1C[C@@H](OCc2ccc(Cl)cc2)CN1C(=O)Cc1cnc(C2CCCCC2)s1)C(=O)c1nc2ccccc2o1. The molecule has 9 nitrogen and oxygen atoms in total. The molecular formula is C37H43ClN4O5S. The van der Waals surface area contributed by atoms with Gasteiger partial charge in [-0.25, -0.2) is 9.97 Å². The van der Waals surface area contributed by atoms with Gasteiger partial charge < -0.3 is 19.8 Å². The molecule has 0 radical (unpaired) electrons. The van der Waals surface area contributed by atoms with Crippen molar-refractivity contribution in [3.8, 4) is 0 Å². The lowest BCUT2D eigenvalue weighted by atomic mass is 9.89. The normalized spacial score (nSPS) is 19.2. The molecule has 6 rings (SSSR count). The first-order chi connectivity index (χ1) is 23.4. The molecule has 48 heavy (non-hydrogen) atoms. The van der Waals surface area contributed by atoms with E-state index in [9.17, 15) is 14.4 Å². The number of para-hydroxylation sites is 2. The van der Waals surface area contributed by atoms with Gasteiger partial charge in [0.05, 0.1) is 30.2 Å². The molecule has 1 aliphatic heterocycles. The Morgan fingerprint density at radius 1 is 1.06 bits per heavy atom. The van der Waals surface area contributed by atoms with Gasteiger partial charge in [0.2, 0.25) is 11.7 Å². The number of halogens is 1. The standard InChI is InChI=1S/C37H43ClN4O5S/c38-27-15-13-24(14-16-27)23-46-28-19-31(42(22-28)34(44)20-29-21-40-37(48-29)25-8-2-1-3-9-25)32(43)18-26(10-6-7-17-39)35(45)36-41-30-11-4-5-12-33(30)47-36/h4-5,11-16,21,25-26,28,31H,1-3,6-10,17-20,22-23,39H2/t26-,28-,31+/m1/s1. The maximum absolute atomic E-state index is 14.1. The van der Waals surface area contributed by atoms with Crippen molar-refractivity contribution in [2.75, 3.05) is 13.1 Å². The fraction of sp³-hybridized carbons (Fsp3) is 0.486. The number of ether oxygens (including phenoxy) is 1. The number of oxazole rings is 1. The molecule has 2 aromatic carbocycles. The van der Waals surface area contributed by atoms with Gasteiger partial charge in [-0.3, -0.25) is 14.4 Å². The van der Waals surface area contributed by atoms with Gasteiger partial charge in [0, 0.05) is 47.3 Å². The third kappa shape index (κ3) is 8.58. The summed E-state index contributed by atoms with van der Waals surface area (Å²) >= 11 is 7.67. The van der Waals surface area contributed by atoms with Crippen molar-refractivity contribution in [1.29, 1.82) is 0 Å². The predicted octanol–water partition coefficient (Wildman–Crippen LogP) is 7.30. The number of hydrogen-bond donors (Lipinski definition) is 1. The molecule has 2 N–H and O–H groups in total. The van der Waals surface area contributed by atoms with Crippen LogP contribution in [0.15, 0.2) is 59.1 Å². The summed E-state index contributed by atoms with van der Waals surface area (Å²) in [7, 11) is 0. The molecule has 3 atom stereocenters. The first kappa shape index (κ1) is 34.4. The first-order valence-corrected chi connectivity index (χ1v) is 18.3. The van der Waals surface area contributed by atoms with E-state index < -0.39 is 12.0 Å². The third-order valence-electron chi connectivity index (χ3n) is 9.53. The van der Waals surface area contributed by atoms with Crippen molar-refractivity contribution in [3.63, 3.8) is 0 Å². The number of carbonyl (C=O) groups is 3. The fourth-order valence-electron chi connectivity index (χ4n) is 6.88. The van der Waals surface area contributed by atoms with E-state index in [4.69, 9.17) is 26.5 Å². The molecule has 2 aromatic heterocycles. The Morgan fingerprint density at radius 2 is 1.85 bits per heavy atom. The summed E-state index contributed by atoms with van der Waals surface area (Å²) in [5, 5.41) is 1.75. The van der Waals surface area contributed by atoms with E-state index in [2.05, 4.69) is 9.97 Å². The highest BCUT2D eigenvalue weighted by Gasteiger charge is 2.41. The molecule has 0 bridgehead atoms. The summed E-state index contributed by atoms with van der Waals surface area (Å²) in [6.07, 6.45) is 9.90. The third-order valence-corrected chi connectivity index (χ3v) is 10.9. The minimum Gasteiger partial charge on any atom is -0.434 e. The van der Waals surface area contributed by atoms with Crippen LogP contribution in [0, 0.1) is 5.92 Å². The van der Waals surface area contributed by atoms with Gasteiger partial charge in [0.1, 0.15) is 5.52 Å². The molecule has 0 unspecified atom stereocenters. The molecule has 2 aliphatic rings. The van der Waals surface area contributed by atoms with Gasteiger partial charge in [-0.2, -0.15) is 0 Å². The summed E-state index contributed by atoms with van der Waals surface area (Å²) in [6, 6.07) is 13.9. The Kier molecular flexibility index (Phi) is 11.7. The first-order valence-electron chi connectivity index (χ1n) is 17.1. The zero-order valence-corrected chi connectivity index (χ0v) is 28.7. The van der Waals surface area contributed by atoms with E-state index in [1.165, 1.54) is 19.3 Å². The number of amides is 1. The maximum atomic E-state index is 14.1. The Bertz CT molecular complexity index is 1670. The van der Waals surface area contributed by atoms with E-state index in [1.54, 1.807) is 28.4 Å². The van der Waals surface area contributed by atoms with E-state index in [-0.39, 0.29) is 42.3 Å². The van der Waals surface area contributed by atoms with Crippen molar-refractivity contribution in [1.82, 2.24) is 14.9 Å². The van der Waals surface area contributed by atoms with Gasteiger partial charge in [-0.1, -0.05) is 61.5 Å². The summed E-state index contributed by atoms with van der Waals surface area (Å²) < 4.78 is 12.1. The van der Waals surface area contributed by atoms with Gasteiger partial charge >= 0.3 is 0 Å². The van der Waals surface area contributed by atoms with Gasteiger partial charge in [-0.15, -0.1) is 11.3 Å². The van der Waals surface area contributed by atoms with Crippen LogP contribution in [0.5, 0.6) is 0 Å². The van der Waals surface area contributed by atoms with Gasteiger partial charge in [-0.05, 0) is 62.1 Å². The molecule has 11 heteroatoms. The number of thiazole rings is 1. The number of fused-ring (bicyclic) bond motifs is 1. The van der Waals surface area contributed by atoms with Crippen molar-refractivity contribution in [2.24, 2.45) is 11.7 Å². The summed E-state index contributed by atoms with van der Waals surface area (Å²) in [5.74, 6) is -0.755. The van der Waals surface area contributed by atoms with Crippen LogP contribution in [0.25, 0.3) is 11.1 Å². The summed E-state index contributed by atoms with van der Waals surface area (Å²) in [6.45, 7) is 1.13. The largest absolute Gasteiger partial charge is 0.434 e. The molecule has 1 amide bonds. The highest BCUT2D eigenvalue weighted by atomic mass is 35.5. The number of aromatic nitrogens is 2. The number of hydrogen-bond acceptors (Lipinski definition) is 9. The van der Waals surface area contributed by atoms with Crippen molar-refractivity contribution in [3.05, 3.63) is 81.1 Å². The number of benzene rings is 2. The molecule has 3 heterocycles. The molecule has 4 aromatic rings. The quantitative estimate of drug-likeness (QED) is 0.102. The lowest BCUT2D eigenvalue weighted by Crippen LogP contribution is -2.42. The Balaban J connectivity index is 1.18. The number of ketones is 2. The number of rotatable bonds is 15. The van der Waals surface area contributed by atoms with Crippen LogP contribution in [0.2, 0.25) is 5.02 Å². The molecular weight excluding hydrogens is 648 g/mol. The summed E-state index contributed by atoms with van der Waals surface area (Å²) in [5.41, 5.74) is 7.83. The van der Waals surface area contributed by atoms with Crippen molar-refractivity contribution in [2.45, 2.75) is 95.3 Å². The highest BCUT2D eigenvalue weighted by molar-refractivity contribution is 7.11. The number of nitrogens with two attached hydrogens (primary N) is 1. The monoisotopic (exact) mass is 690 g/mol. The van der Waals surface area contributed by atoms with Crippen LogP contribution < -0.4 is 5.73 Å². The number of nitrogens with zero attached hydrogens (tertiary/aromatic N) is 3. The van der Waals surface area contributed by atoms with Gasteiger partial charge in [0.25, 0.3) is 5.89 Å². The minimum atomic E-state index is -0.702. The molecule has 0 spiro atoms. The second kappa shape index (κ2) is 16.3. The lowest BCUT2D eigenvalue weighted by molar-refractivity contribution is -0.137. The van der Waals surface area contributed by atoms with E-state index in [1.807, 2.05) is 42.6 Å². The molecule has 254 valence electrons. The average Bonchev–Trinajstić information content (AvgIpc) is 3.86. The molecule has 1 saturated heterocycles. The zero-order valence-electron chi connectivity index (χ0n) is 27.2. The average molecular weight is 691 g/mol.